The molecule has 0 aliphatic heterocycles. The first-order valence-electron chi connectivity index (χ1n) is 8.08. The Balaban J connectivity index is 1.90. The largest absolute Gasteiger partial charge is 0.497 e. The lowest BCUT2D eigenvalue weighted by molar-refractivity contribution is -0.123. The van der Waals surface area contributed by atoms with Gasteiger partial charge in [0.15, 0.2) is 0 Å². The van der Waals surface area contributed by atoms with E-state index in [-0.39, 0.29) is 11.3 Å². The smallest absolute Gasteiger partial charge is 0.234 e. The normalized spacial score (nSPS) is 27.8. The van der Waals surface area contributed by atoms with Crippen molar-refractivity contribution < 1.29 is 14.3 Å². The van der Waals surface area contributed by atoms with Gasteiger partial charge in [-0.05, 0) is 42.7 Å². The summed E-state index contributed by atoms with van der Waals surface area (Å²) in [6.45, 7) is 8.70. The Morgan fingerprint density at radius 3 is 2.61 bits per heavy atom. The molecule has 1 amide bonds. The number of carbonyl (C=O) groups is 1. The van der Waals surface area contributed by atoms with Crippen molar-refractivity contribution in [2.24, 2.45) is 16.7 Å². The quantitative estimate of drug-likeness (QED) is 0.854. The molecule has 1 N–H and O–H groups in total. The number of fused-ring (bicyclic) bond motifs is 2. The minimum Gasteiger partial charge on any atom is -0.497 e. The van der Waals surface area contributed by atoms with E-state index in [1.807, 2.05) is 6.07 Å². The van der Waals surface area contributed by atoms with Crippen molar-refractivity contribution in [2.45, 2.75) is 33.1 Å². The van der Waals surface area contributed by atoms with Crippen LogP contribution < -0.4 is 14.8 Å². The number of carbonyl (C=O) groups excluding carboxylic acids is 1. The predicted molar refractivity (Wildman–Crippen MR) is 90.9 cm³/mol. The molecule has 2 saturated carbocycles. The summed E-state index contributed by atoms with van der Waals surface area (Å²) in [6.07, 6.45) is 2.88. The second kappa shape index (κ2) is 5.29. The highest BCUT2D eigenvalue weighted by atomic mass is 16.5. The van der Waals surface area contributed by atoms with Crippen LogP contribution in [0.25, 0.3) is 0 Å². The van der Waals surface area contributed by atoms with Gasteiger partial charge in [0.25, 0.3) is 0 Å². The van der Waals surface area contributed by atoms with Crippen LogP contribution in [0, 0.1) is 16.7 Å². The van der Waals surface area contributed by atoms with E-state index in [0.29, 0.717) is 23.1 Å². The van der Waals surface area contributed by atoms with Gasteiger partial charge in [-0.2, -0.15) is 0 Å². The molecule has 1 aromatic carbocycles. The number of hydrogen-bond donors (Lipinski definition) is 1. The van der Waals surface area contributed by atoms with Crippen LogP contribution in [0.1, 0.15) is 33.1 Å². The molecule has 0 radical (unpaired) electrons. The molecule has 4 heteroatoms. The summed E-state index contributed by atoms with van der Waals surface area (Å²) in [7, 11) is 3.20. The molecule has 0 unspecified atom stereocenters. The summed E-state index contributed by atoms with van der Waals surface area (Å²) >= 11 is 0. The fraction of sp³-hybridized carbons (Fsp3) is 0.526. The van der Waals surface area contributed by atoms with E-state index in [9.17, 15) is 4.79 Å². The molecule has 1 aromatic rings. The van der Waals surface area contributed by atoms with E-state index in [0.717, 1.165) is 24.8 Å². The van der Waals surface area contributed by atoms with E-state index in [2.05, 4.69) is 25.7 Å². The lowest BCUT2D eigenvalue weighted by atomic mass is 9.68. The highest BCUT2D eigenvalue weighted by Gasteiger charge is 2.60. The van der Waals surface area contributed by atoms with Crippen LogP contribution in [0.15, 0.2) is 30.4 Å². The monoisotopic (exact) mass is 315 g/mol. The first kappa shape index (κ1) is 15.9. The number of benzene rings is 1. The van der Waals surface area contributed by atoms with Crippen molar-refractivity contribution in [1.82, 2.24) is 0 Å². The van der Waals surface area contributed by atoms with Crippen LogP contribution in [-0.2, 0) is 4.79 Å². The van der Waals surface area contributed by atoms with Crippen LogP contribution in [0.2, 0.25) is 0 Å². The Bertz CT molecular complexity index is 665. The predicted octanol–water partition coefficient (Wildman–Crippen LogP) is 4.02. The summed E-state index contributed by atoms with van der Waals surface area (Å²) < 4.78 is 10.6. The first-order valence-corrected chi connectivity index (χ1v) is 8.08. The Hall–Kier alpha value is -1.97. The number of anilines is 1. The zero-order valence-electron chi connectivity index (χ0n) is 14.4. The van der Waals surface area contributed by atoms with Gasteiger partial charge in [-0.15, -0.1) is 0 Å². The summed E-state index contributed by atoms with van der Waals surface area (Å²) in [6, 6.07) is 5.41. The third kappa shape index (κ3) is 2.23. The lowest BCUT2D eigenvalue weighted by Gasteiger charge is -2.37. The van der Waals surface area contributed by atoms with Gasteiger partial charge in [0.2, 0.25) is 5.91 Å². The summed E-state index contributed by atoms with van der Waals surface area (Å²) in [5, 5.41) is 3.06. The van der Waals surface area contributed by atoms with Crippen LogP contribution in [0.5, 0.6) is 11.5 Å². The number of rotatable bonds is 4. The average molecular weight is 315 g/mol. The Labute approximate surface area is 137 Å². The van der Waals surface area contributed by atoms with Crippen molar-refractivity contribution in [3.63, 3.8) is 0 Å². The molecule has 4 nitrogen and oxygen atoms in total. The molecule has 2 fully saturated rings. The molecule has 0 saturated heterocycles. The topological polar surface area (TPSA) is 47.6 Å². The van der Waals surface area contributed by atoms with Crippen molar-refractivity contribution >= 4 is 11.6 Å². The van der Waals surface area contributed by atoms with Crippen molar-refractivity contribution in [3.05, 3.63) is 30.4 Å². The van der Waals surface area contributed by atoms with E-state index < -0.39 is 5.41 Å². The molecular weight excluding hydrogens is 290 g/mol. The summed E-state index contributed by atoms with van der Waals surface area (Å²) in [4.78, 5) is 13.1. The van der Waals surface area contributed by atoms with Crippen LogP contribution in [0.4, 0.5) is 5.69 Å². The first-order chi connectivity index (χ1) is 10.8. The van der Waals surface area contributed by atoms with Gasteiger partial charge < -0.3 is 14.8 Å². The summed E-state index contributed by atoms with van der Waals surface area (Å²) in [5.41, 5.74) is 1.31. The minimum absolute atomic E-state index is 0.0297. The van der Waals surface area contributed by atoms with Gasteiger partial charge in [-0.3, -0.25) is 4.79 Å². The molecular formula is C19H25NO3. The average Bonchev–Trinajstić information content (AvgIpc) is 3.07. The highest BCUT2D eigenvalue weighted by molar-refractivity contribution is 5.99. The SMILES string of the molecule is C=C1C(C)(C)[C@@H]2CC[C@@]1(C(=O)Nc1cc(OC)ccc1OC)C2. The molecule has 124 valence electrons. The highest BCUT2D eigenvalue weighted by Crippen LogP contribution is 2.65. The fourth-order valence-electron chi connectivity index (χ4n) is 4.30. The molecule has 23 heavy (non-hydrogen) atoms. The van der Waals surface area contributed by atoms with Gasteiger partial charge in [0.1, 0.15) is 11.5 Å². The molecule has 2 bridgehead atoms. The molecule has 2 aliphatic rings. The maximum absolute atomic E-state index is 13.1. The van der Waals surface area contributed by atoms with Crippen molar-refractivity contribution in [3.8, 4) is 11.5 Å². The summed E-state index contributed by atoms with van der Waals surface area (Å²) in [5.74, 6) is 1.90. The number of hydrogen-bond acceptors (Lipinski definition) is 3. The van der Waals surface area contributed by atoms with Gasteiger partial charge >= 0.3 is 0 Å². The van der Waals surface area contributed by atoms with E-state index in [1.165, 1.54) is 0 Å². The van der Waals surface area contributed by atoms with Crippen molar-refractivity contribution in [1.29, 1.82) is 0 Å². The van der Waals surface area contributed by atoms with Crippen molar-refractivity contribution in [2.75, 3.05) is 19.5 Å². The fourth-order valence-corrected chi connectivity index (χ4v) is 4.30. The number of ether oxygens (including phenoxy) is 2. The van der Waals surface area contributed by atoms with E-state index in [4.69, 9.17) is 9.47 Å². The maximum Gasteiger partial charge on any atom is 0.234 e. The van der Waals surface area contributed by atoms with Gasteiger partial charge in [-0.25, -0.2) is 0 Å². The zero-order chi connectivity index (χ0) is 16.8. The molecule has 0 heterocycles. The van der Waals surface area contributed by atoms with Gasteiger partial charge in [0.05, 0.1) is 25.3 Å². The Kier molecular flexibility index (Phi) is 3.66. The third-order valence-corrected chi connectivity index (χ3v) is 5.98. The Morgan fingerprint density at radius 1 is 1.30 bits per heavy atom. The van der Waals surface area contributed by atoms with E-state index in [1.54, 1.807) is 26.4 Å². The standard InChI is InChI=1S/C19H25NO3/c1-12-18(2,3)13-8-9-19(12,11-13)17(21)20-15-10-14(22-4)6-7-16(15)23-5/h6-7,10,13H,1,8-9,11H2,2-5H3,(H,20,21)/t13-,19-/m1/s1. The minimum atomic E-state index is -0.442. The second-order valence-corrected chi connectivity index (χ2v) is 7.24. The lowest BCUT2D eigenvalue weighted by Crippen LogP contribution is -2.37. The molecule has 0 aromatic heterocycles. The van der Waals surface area contributed by atoms with Crippen LogP contribution >= 0.6 is 0 Å². The Morgan fingerprint density at radius 2 is 2.04 bits per heavy atom. The van der Waals surface area contributed by atoms with Crippen LogP contribution in [-0.4, -0.2) is 20.1 Å². The van der Waals surface area contributed by atoms with Gasteiger partial charge in [-0.1, -0.05) is 26.0 Å². The molecule has 2 aliphatic carbocycles. The molecule has 2 atom stereocenters. The molecule has 3 rings (SSSR count). The second-order valence-electron chi connectivity index (χ2n) is 7.24. The zero-order valence-corrected chi connectivity index (χ0v) is 14.4. The number of methoxy groups -OCH3 is 2. The number of nitrogens with one attached hydrogen (secondary N) is 1. The molecule has 0 spiro atoms. The maximum atomic E-state index is 13.1. The van der Waals surface area contributed by atoms with E-state index >= 15 is 0 Å². The van der Waals surface area contributed by atoms with Gasteiger partial charge in [0, 0.05) is 6.07 Å². The van der Waals surface area contributed by atoms with Crippen LogP contribution in [0.3, 0.4) is 0 Å². The third-order valence-electron chi connectivity index (χ3n) is 5.98. The number of amides is 1.